The van der Waals surface area contributed by atoms with E-state index in [0.29, 0.717) is 12.1 Å². The standard InChI is InChI=1S/C18H30N2/c1-14(20-17-6-5-12-19-13-11-17)15-7-9-16(10-8-15)18(2,3)4/h7-10,14,17,19-20H,5-6,11-13H2,1-4H3. The van der Waals surface area contributed by atoms with E-state index in [1.54, 1.807) is 0 Å². The molecule has 2 nitrogen and oxygen atoms in total. The zero-order valence-electron chi connectivity index (χ0n) is 13.5. The first-order chi connectivity index (χ1) is 9.47. The predicted octanol–water partition coefficient (Wildman–Crippen LogP) is 3.78. The minimum Gasteiger partial charge on any atom is -0.317 e. The van der Waals surface area contributed by atoms with Crippen LogP contribution in [0.15, 0.2) is 24.3 Å². The van der Waals surface area contributed by atoms with Crippen LogP contribution in [0.2, 0.25) is 0 Å². The van der Waals surface area contributed by atoms with Gasteiger partial charge in [0.05, 0.1) is 0 Å². The van der Waals surface area contributed by atoms with Crippen LogP contribution in [0.5, 0.6) is 0 Å². The van der Waals surface area contributed by atoms with Crippen LogP contribution in [0, 0.1) is 0 Å². The molecule has 1 aliphatic heterocycles. The van der Waals surface area contributed by atoms with Crippen molar-refractivity contribution in [2.75, 3.05) is 13.1 Å². The van der Waals surface area contributed by atoms with Crippen molar-refractivity contribution in [1.29, 1.82) is 0 Å². The highest BCUT2D eigenvalue weighted by atomic mass is 15.0. The van der Waals surface area contributed by atoms with Crippen LogP contribution in [0.1, 0.15) is 64.1 Å². The number of hydrogen-bond donors (Lipinski definition) is 2. The van der Waals surface area contributed by atoms with E-state index in [1.165, 1.54) is 36.9 Å². The van der Waals surface area contributed by atoms with Gasteiger partial charge in [-0.3, -0.25) is 0 Å². The zero-order valence-corrected chi connectivity index (χ0v) is 13.5. The van der Waals surface area contributed by atoms with Crippen LogP contribution in [-0.2, 0) is 5.41 Å². The summed E-state index contributed by atoms with van der Waals surface area (Å²) >= 11 is 0. The normalized spacial score (nSPS) is 22.3. The average molecular weight is 274 g/mol. The first kappa shape index (κ1) is 15.5. The molecule has 0 aromatic heterocycles. The smallest absolute Gasteiger partial charge is 0.0294 e. The lowest BCUT2D eigenvalue weighted by molar-refractivity contribution is 0.421. The summed E-state index contributed by atoms with van der Waals surface area (Å²) in [5, 5.41) is 7.27. The van der Waals surface area contributed by atoms with E-state index in [0.717, 1.165) is 6.54 Å². The van der Waals surface area contributed by atoms with Crippen LogP contribution >= 0.6 is 0 Å². The maximum absolute atomic E-state index is 3.79. The highest BCUT2D eigenvalue weighted by molar-refractivity contribution is 5.29. The summed E-state index contributed by atoms with van der Waals surface area (Å²) in [5.74, 6) is 0. The Balaban J connectivity index is 1.96. The van der Waals surface area contributed by atoms with Crippen molar-refractivity contribution < 1.29 is 0 Å². The SMILES string of the molecule is CC(NC1CCCNCC1)c1ccc(C(C)(C)C)cc1. The second-order valence-electron chi connectivity index (χ2n) is 7.14. The first-order valence-electron chi connectivity index (χ1n) is 8.04. The Bertz CT molecular complexity index is 394. The molecule has 0 aliphatic carbocycles. The molecular weight excluding hydrogens is 244 g/mol. The molecule has 2 unspecified atom stereocenters. The Morgan fingerprint density at radius 1 is 1.10 bits per heavy atom. The molecule has 1 fully saturated rings. The molecule has 2 N–H and O–H groups in total. The molecule has 0 bridgehead atoms. The molecule has 1 heterocycles. The number of nitrogens with one attached hydrogen (secondary N) is 2. The quantitative estimate of drug-likeness (QED) is 0.876. The van der Waals surface area contributed by atoms with Gasteiger partial charge in [-0.15, -0.1) is 0 Å². The molecule has 1 aromatic carbocycles. The second-order valence-corrected chi connectivity index (χ2v) is 7.14. The lowest BCUT2D eigenvalue weighted by Crippen LogP contribution is -2.32. The Labute approximate surface area is 124 Å². The molecule has 0 saturated carbocycles. The van der Waals surface area contributed by atoms with Gasteiger partial charge in [0.15, 0.2) is 0 Å². The van der Waals surface area contributed by atoms with Crippen LogP contribution in [0.3, 0.4) is 0 Å². The topological polar surface area (TPSA) is 24.1 Å². The maximum atomic E-state index is 3.79. The van der Waals surface area contributed by atoms with E-state index in [-0.39, 0.29) is 5.41 Å². The predicted molar refractivity (Wildman–Crippen MR) is 87.2 cm³/mol. The fourth-order valence-electron chi connectivity index (χ4n) is 2.91. The highest BCUT2D eigenvalue weighted by Crippen LogP contribution is 2.24. The maximum Gasteiger partial charge on any atom is 0.0294 e. The summed E-state index contributed by atoms with van der Waals surface area (Å²) in [6.07, 6.45) is 3.81. The van der Waals surface area contributed by atoms with Gasteiger partial charge < -0.3 is 10.6 Å². The van der Waals surface area contributed by atoms with Crippen molar-refractivity contribution in [3.8, 4) is 0 Å². The van der Waals surface area contributed by atoms with E-state index in [9.17, 15) is 0 Å². The Morgan fingerprint density at radius 2 is 1.80 bits per heavy atom. The third kappa shape index (κ3) is 4.32. The van der Waals surface area contributed by atoms with Gasteiger partial charge in [-0.2, -0.15) is 0 Å². The fraction of sp³-hybridized carbons (Fsp3) is 0.667. The zero-order chi connectivity index (χ0) is 14.6. The number of benzene rings is 1. The molecule has 0 radical (unpaired) electrons. The molecule has 1 saturated heterocycles. The van der Waals surface area contributed by atoms with Crippen LogP contribution in [0.4, 0.5) is 0 Å². The van der Waals surface area contributed by atoms with Gasteiger partial charge in [-0.25, -0.2) is 0 Å². The van der Waals surface area contributed by atoms with Gasteiger partial charge in [0.25, 0.3) is 0 Å². The van der Waals surface area contributed by atoms with Crippen molar-refractivity contribution in [2.24, 2.45) is 0 Å². The fourth-order valence-corrected chi connectivity index (χ4v) is 2.91. The summed E-state index contributed by atoms with van der Waals surface area (Å²) in [4.78, 5) is 0. The van der Waals surface area contributed by atoms with Crippen molar-refractivity contribution in [1.82, 2.24) is 10.6 Å². The minimum atomic E-state index is 0.238. The van der Waals surface area contributed by atoms with Gasteiger partial charge in [-0.1, -0.05) is 45.0 Å². The van der Waals surface area contributed by atoms with Gasteiger partial charge in [0, 0.05) is 12.1 Å². The van der Waals surface area contributed by atoms with Crippen LogP contribution in [0.25, 0.3) is 0 Å². The number of hydrogen-bond acceptors (Lipinski definition) is 2. The third-order valence-corrected chi connectivity index (χ3v) is 4.34. The van der Waals surface area contributed by atoms with E-state index >= 15 is 0 Å². The average Bonchev–Trinajstić information content (AvgIpc) is 2.66. The summed E-state index contributed by atoms with van der Waals surface area (Å²) in [7, 11) is 0. The lowest BCUT2D eigenvalue weighted by Gasteiger charge is -2.24. The molecule has 2 atom stereocenters. The molecule has 112 valence electrons. The Morgan fingerprint density at radius 3 is 2.45 bits per heavy atom. The molecule has 1 aromatic rings. The Hall–Kier alpha value is -0.860. The summed E-state index contributed by atoms with van der Waals surface area (Å²) in [6.45, 7) is 11.4. The van der Waals surface area contributed by atoms with Crippen LogP contribution < -0.4 is 10.6 Å². The van der Waals surface area contributed by atoms with Crippen molar-refractivity contribution in [3.05, 3.63) is 35.4 Å². The van der Waals surface area contributed by atoms with Crippen molar-refractivity contribution in [2.45, 2.75) is 64.5 Å². The minimum absolute atomic E-state index is 0.238. The van der Waals surface area contributed by atoms with E-state index in [1.807, 2.05) is 0 Å². The van der Waals surface area contributed by atoms with Crippen molar-refractivity contribution >= 4 is 0 Å². The van der Waals surface area contributed by atoms with E-state index in [2.05, 4.69) is 62.6 Å². The monoisotopic (exact) mass is 274 g/mol. The van der Waals surface area contributed by atoms with Gasteiger partial charge >= 0.3 is 0 Å². The second kappa shape index (κ2) is 6.73. The summed E-state index contributed by atoms with van der Waals surface area (Å²) < 4.78 is 0. The number of rotatable bonds is 3. The highest BCUT2D eigenvalue weighted by Gasteiger charge is 2.17. The molecule has 1 aliphatic rings. The molecule has 0 spiro atoms. The Kier molecular flexibility index (Phi) is 5.22. The molecule has 2 rings (SSSR count). The van der Waals surface area contributed by atoms with Gasteiger partial charge in [0.1, 0.15) is 0 Å². The third-order valence-electron chi connectivity index (χ3n) is 4.34. The summed E-state index contributed by atoms with van der Waals surface area (Å²) in [5.41, 5.74) is 3.05. The largest absolute Gasteiger partial charge is 0.317 e. The van der Waals surface area contributed by atoms with Gasteiger partial charge in [0.2, 0.25) is 0 Å². The van der Waals surface area contributed by atoms with Gasteiger partial charge in [-0.05, 0) is 55.8 Å². The van der Waals surface area contributed by atoms with Crippen LogP contribution in [-0.4, -0.2) is 19.1 Å². The molecule has 20 heavy (non-hydrogen) atoms. The van der Waals surface area contributed by atoms with E-state index in [4.69, 9.17) is 0 Å². The molecule has 2 heteroatoms. The van der Waals surface area contributed by atoms with E-state index < -0.39 is 0 Å². The van der Waals surface area contributed by atoms with Crippen molar-refractivity contribution in [3.63, 3.8) is 0 Å². The molecular formula is C18H30N2. The lowest BCUT2D eigenvalue weighted by atomic mass is 9.86. The molecule has 0 amide bonds. The summed E-state index contributed by atoms with van der Waals surface area (Å²) in [6, 6.07) is 10.2. The first-order valence-corrected chi connectivity index (χ1v) is 8.04.